The predicted octanol–water partition coefficient (Wildman–Crippen LogP) is 5.47. The fraction of sp³-hybridized carbons (Fsp3) is 0.667. The quantitative estimate of drug-likeness (QED) is 0.124. The highest BCUT2D eigenvalue weighted by atomic mass is 19.4. The summed E-state index contributed by atoms with van der Waals surface area (Å²) in [5.41, 5.74) is -1.76. The van der Waals surface area contributed by atoms with Crippen molar-refractivity contribution in [2.75, 3.05) is 6.61 Å². The van der Waals surface area contributed by atoms with E-state index in [1.807, 2.05) is 0 Å². The number of nitrogens with one attached hydrogen (secondary N) is 2. The number of hydrogen-bond acceptors (Lipinski definition) is 8. The lowest BCUT2D eigenvalue weighted by molar-refractivity contribution is -0.325. The Balaban J connectivity index is 3.04. The van der Waals surface area contributed by atoms with Crippen LogP contribution in [0.2, 0.25) is 0 Å². The van der Waals surface area contributed by atoms with E-state index >= 15 is 0 Å². The van der Waals surface area contributed by atoms with Gasteiger partial charge in [-0.15, -0.1) is 0 Å². The molecule has 0 radical (unpaired) electrons. The minimum atomic E-state index is -5.79. The van der Waals surface area contributed by atoms with Crippen LogP contribution in [0.1, 0.15) is 77.6 Å². The Bertz CT molecular complexity index is 1100. The summed E-state index contributed by atoms with van der Waals surface area (Å²) in [6.07, 6.45) is -17.1. The van der Waals surface area contributed by atoms with Crippen LogP contribution >= 0.6 is 0 Å². The molecule has 0 fully saturated rings. The van der Waals surface area contributed by atoms with Crippen molar-refractivity contribution in [1.29, 1.82) is 0 Å². The minimum Gasteiger partial charge on any atom is -0.444 e. The lowest BCUT2D eigenvalue weighted by Crippen LogP contribution is -2.49. The first-order valence-electron chi connectivity index (χ1n) is 13.4. The monoisotopic (exact) mass is 644 g/mol. The second-order valence-corrected chi connectivity index (χ2v) is 11.6. The van der Waals surface area contributed by atoms with Gasteiger partial charge >= 0.3 is 24.5 Å². The van der Waals surface area contributed by atoms with E-state index in [-0.39, 0.29) is 37.1 Å². The van der Waals surface area contributed by atoms with Gasteiger partial charge in [0, 0.05) is 18.8 Å². The molecule has 3 N–H and O–H groups in total. The molecule has 0 aliphatic rings. The van der Waals surface area contributed by atoms with Crippen molar-refractivity contribution in [1.82, 2.24) is 15.6 Å². The van der Waals surface area contributed by atoms with Gasteiger partial charge in [0.15, 0.2) is 0 Å². The van der Waals surface area contributed by atoms with Crippen LogP contribution in [0.4, 0.5) is 35.9 Å². The molecular weight excluding hydrogens is 606 g/mol. The van der Waals surface area contributed by atoms with Gasteiger partial charge in [-0.05, 0) is 66.5 Å². The number of carbonyl (C=O) groups excluding carboxylic acids is 3. The van der Waals surface area contributed by atoms with E-state index in [1.54, 1.807) is 41.5 Å². The Morgan fingerprint density at radius 3 is 2.05 bits per heavy atom. The van der Waals surface area contributed by atoms with Crippen molar-refractivity contribution in [2.45, 2.75) is 109 Å². The van der Waals surface area contributed by atoms with Gasteiger partial charge < -0.3 is 24.6 Å². The average molecular weight is 645 g/mol. The van der Waals surface area contributed by atoms with Crippen LogP contribution in [0.5, 0.6) is 0 Å². The van der Waals surface area contributed by atoms with Gasteiger partial charge in [-0.1, -0.05) is 6.42 Å². The van der Waals surface area contributed by atoms with Crippen LogP contribution < -0.4 is 10.6 Å². The average Bonchev–Trinajstić information content (AvgIpc) is 2.82. The topological polar surface area (TPSA) is 148 Å². The van der Waals surface area contributed by atoms with Gasteiger partial charge in [0.05, 0.1) is 24.3 Å². The van der Waals surface area contributed by atoms with E-state index in [2.05, 4.69) is 25.3 Å². The van der Waals surface area contributed by atoms with Gasteiger partial charge in [0.1, 0.15) is 17.0 Å². The highest BCUT2D eigenvalue weighted by molar-refractivity contribution is 6.00. The number of pyridine rings is 1. The summed E-state index contributed by atoms with van der Waals surface area (Å²) in [6.45, 7) is 8.22. The molecule has 3 amide bonds. The number of hydrogen-bond donors (Lipinski definition) is 3. The Hall–Kier alpha value is -3.47. The molecule has 17 heteroatoms. The molecule has 1 aromatic rings. The van der Waals surface area contributed by atoms with E-state index in [1.165, 1.54) is 24.5 Å². The van der Waals surface area contributed by atoms with Crippen LogP contribution in [0, 0.1) is 0 Å². The van der Waals surface area contributed by atoms with E-state index in [0.29, 0.717) is 0 Å². The highest BCUT2D eigenvalue weighted by Crippen LogP contribution is 2.35. The number of aliphatic hydroxyl groups excluding tert-OH is 1. The molecule has 44 heavy (non-hydrogen) atoms. The number of carbonyl (C=O) groups is 3. The van der Waals surface area contributed by atoms with Crippen molar-refractivity contribution in [3.05, 3.63) is 30.1 Å². The normalized spacial score (nSPS) is 14.5. The third-order valence-electron chi connectivity index (χ3n) is 5.18. The molecule has 1 heterocycles. The molecule has 1 rings (SSSR count). The van der Waals surface area contributed by atoms with Crippen molar-refractivity contribution in [3.63, 3.8) is 0 Å². The van der Waals surface area contributed by atoms with Crippen LogP contribution in [-0.4, -0.2) is 82.4 Å². The number of amidine groups is 1. The molecule has 0 aliphatic heterocycles. The summed E-state index contributed by atoms with van der Waals surface area (Å²) in [5.74, 6) is -0.948. The zero-order valence-corrected chi connectivity index (χ0v) is 25.1. The standard InChI is InChI=1S/C27H38F6N4O7/c1-24(2,3)43-22(40)36-19(37-23(41)44-25(4,5)6)12-8-7-11-17(35-20(39)16-10-9-13-34-14-16)18(38)15-42-21(26(28,29)30)27(31,32)33/h9-10,13-14,17-18,21,38H,7-8,11-12,15H2,1-6H3,(H,35,39)(H,36,37,40,41)/t17-,18?/m0/s1. The third-order valence-corrected chi connectivity index (χ3v) is 5.18. The first-order chi connectivity index (χ1) is 20.0. The molecule has 0 spiro atoms. The summed E-state index contributed by atoms with van der Waals surface area (Å²) < 4.78 is 91.7. The van der Waals surface area contributed by atoms with Gasteiger partial charge in [-0.25, -0.2) is 9.59 Å². The molecule has 250 valence electrons. The summed E-state index contributed by atoms with van der Waals surface area (Å²) in [7, 11) is 0. The molecule has 0 bridgehead atoms. The lowest BCUT2D eigenvalue weighted by atomic mass is 10.0. The number of aliphatic hydroxyl groups is 1. The van der Waals surface area contributed by atoms with E-state index in [0.717, 1.165) is 0 Å². The Morgan fingerprint density at radius 2 is 1.55 bits per heavy atom. The van der Waals surface area contributed by atoms with Gasteiger partial charge in [-0.3, -0.25) is 15.1 Å². The third kappa shape index (κ3) is 15.8. The Labute approximate surface area is 250 Å². The number of amides is 3. The second-order valence-electron chi connectivity index (χ2n) is 11.6. The summed E-state index contributed by atoms with van der Waals surface area (Å²) >= 11 is 0. The molecule has 1 aromatic heterocycles. The maximum Gasteiger partial charge on any atom is 0.435 e. The fourth-order valence-corrected chi connectivity index (χ4v) is 3.41. The Morgan fingerprint density at radius 1 is 0.955 bits per heavy atom. The SMILES string of the molecule is CC(C)(C)OC(=O)N=C(CCCC[C@H](NC(=O)c1cccnc1)C(O)COC(C(F)(F)F)C(F)(F)F)NC(=O)OC(C)(C)C. The van der Waals surface area contributed by atoms with Crippen molar-refractivity contribution >= 4 is 23.9 Å². The zero-order valence-electron chi connectivity index (χ0n) is 25.1. The number of halogens is 6. The summed E-state index contributed by atoms with van der Waals surface area (Å²) in [5, 5.41) is 15.2. The van der Waals surface area contributed by atoms with E-state index in [4.69, 9.17) is 9.47 Å². The zero-order chi connectivity index (χ0) is 33.9. The summed E-state index contributed by atoms with van der Waals surface area (Å²) in [6, 6.07) is 1.41. The van der Waals surface area contributed by atoms with Crippen molar-refractivity contribution in [3.8, 4) is 0 Å². The number of rotatable bonds is 11. The molecule has 1 unspecified atom stereocenters. The first-order valence-corrected chi connectivity index (χ1v) is 13.4. The molecule has 11 nitrogen and oxygen atoms in total. The maximum absolute atomic E-state index is 12.9. The van der Waals surface area contributed by atoms with Crippen molar-refractivity contribution in [2.24, 2.45) is 4.99 Å². The van der Waals surface area contributed by atoms with Gasteiger partial charge in [-0.2, -0.15) is 31.3 Å². The lowest BCUT2D eigenvalue weighted by Gasteiger charge is -2.28. The first kappa shape index (κ1) is 38.6. The number of aliphatic imine (C=N–C) groups is 1. The van der Waals surface area contributed by atoms with E-state index in [9.17, 15) is 45.8 Å². The largest absolute Gasteiger partial charge is 0.444 e. The molecule has 2 atom stereocenters. The highest BCUT2D eigenvalue weighted by Gasteiger charge is 2.58. The molecule has 0 aliphatic carbocycles. The number of unbranched alkanes of at least 4 members (excludes halogenated alkanes) is 1. The maximum atomic E-state index is 12.9. The van der Waals surface area contributed by atoms with Crippen LogP contribution in [-0.2, 0) is 14.2 Å². The number of alkyl halides is 6. The number of ether oxygens (including phenoxy) is 3. The van der Waals surface area contributed by atoms with Crippen molar-refractivity contribution < 1.29 is 60.0 Å². The van der Waals surface area contributed by atoms with Crippen LogP contribution in [0.25, 0.3) is 0 Å². The van der Waals surface area contributed by atoms with Gasteiger partial charge in [0.2, 0.25) is 6.10 Å². The molecular formula is C27H38F6N4O7. The van der Waals surface area contributed by atoms with E-state index < -0.39 is 66.5 Å². The molecule has 0 saturated carbocycles. The smallest absolute Gasteiger partial charge is 0.435 e. The fourth-order valence-electron chi connectivity index (χ4n) is 3.41. The van der Waals surface area contributed by atoms with Gasteiger partial charge in [0.25, 0.3) is 5.91 Å². The molecule has 0 aromatic carbocycles. The number of alkyl carbamates (subject to hydrolysis) is 1. The molecule has 0 saturated heterocycles. The Kier molecular flexibility index (Phi) is 14.0. The number of aromatic nitrogens is 1. The second kappa shape index (κ2) is 16.0. The summed E-state index contributed by atoms with van der Waals surface area (Å²) in [4.78, 5) is 44.6. The van der Waals surface area contributed by atoms with Crippen LogP contribution in [0.3, 0.4) is 0 Å². The van der Waals surface area contributed by atoms with Crippen LogP contribution in [0.15, 0.2) is 29.5 Å². The number of nitrogens with zero attached hydrogens (tertiary/aromatic N) is 2. The predicted molar refractivity (Wildman–Crippen MR) is 145 cm³/mol. The minimum absolute atomic E-state index is 0.0161.